The lowest BCUT2D eigenvalue weighted by Gasteiger charge is -2.24. The van der Waals surface area contributed by atoms with Crippen LogP contribution >= 0.6 is 0 Å². The summed E-state index contributed by atoms with van der Waals surface area (Å²) in [5.41, 5.74) is 0.606. The third-order valence-corrected chi connectivity index (χ3v) is 3.83. The molecule has 0 saturated heterocycles. The van der Waals surface area contributed by atoms with Crippen molar-refractivity contribution in [2.24, 2.45) is 23.2 Å². The maximum absolute atomic E-state index is 2.45. The van der Waals surface area contributed by atoms with Gasteiger partial charge in [-0.05, 0) is 29.6 Å². The summed E-state index contributed by atoms with van der Waals surface area (Å²) in [5.74, 6) is 3.05. The van der Waals surface area contributed by atoms with Crippen molar-refractivity contribution >= 4 is 0 Å². The Morgan fingerprint density at radius 3 is 2.08 bits per heavy atom. The van der Waals surface area contributed by atoms with Crippen molar-refractivity contribution in [2.75, 3.05) is 0 Å². The fraction of sp³-hybridized carbons (Fsp3) is 1.00. The van der Waals surface area contributed by atoms with Gasteiger partial charge in [-0.15, -0.1) is 0 Å². The topological polar surface area (TPSA) is 0 Å². The second-order valence-electron chi connectivity index (χ2n) is 5.20. The lowest BCUT2D eigenvalue weighted by molar-refractivity contribution is 0.256. The quantitative estimate of drug-likeness (QED) is 0.592. The molecule has 1 aliphatic carbocycles. The first-order valence-electron chi connectivity index (χ1n) is 5.54. The molecule has 1 fully saturated rings. The smallest absolute Gasteiger partial charge is 0.0303 e. The minimum absolute atomic E-state index is 0.606. The number of rotatable bonds is 4. The van der Waals surface area contributed by atoms with Gasteiger partial charge in [0.15, 0.2) is 0 Å². The average molecular weight is 168 g/mol. The Balaban J connectivity index is 2.48. The summed E-state index contributed by atoms with van der Waals surface area (Å²) in [6, 6.07) is 0. The van der Waals surface area contributed by atoms with Gasteiger partial charge in [0.1, 0.15) is 0 Å². The van der Waals surface area contributed by atoms with E-state index in [1.807, 2.05) is 0 Å². The zero-order valence-electron chi connectivity index (χ0n) is 9.35. The Morgan fingerprint density at radius 2 is 1.75 bits per heavy atom. The summed E-state index contributed by atoms with van der Waals surface area (Å²) in [5, 5.41) is 0. The predicted molar refractivity (Wildman–Crippen MR) is 55.1 cm³/mol. The lowest BCUT2D eigenvalue weighted by atomic mass is 9.81. The summed E-state index contributed by atoms with van der Waals surface area (Å²) in [4.78, 5) is 0. The Morgan fingerprint density at radius 1 is 1.17 bits per heavy atom. The molecule has 0 aliphatic heterocycles. The maximum atomic E-state index is 2.45. The third kappa shape index (κ3) is 1.67. The molecule has 1 rings (SSSR count). The third-order valence-electron chi connectivity index (χ3n) is 3.83. The van der Waals surface area contributed by atoms with Gasteiger partial charge in [0.25, 0.3) is 0 Å². The van der Waals surface area contributed by atoms with Gasteiger partial charge >= 0.3 is 0 Å². The van der Waals surface area contributed by atoms with Gasteiger partial charge in [0.2, 0.25) is 0 Å². The molecule has 0 amide bonds. The van der Waals surface area contributed by atoms with Crippen molar-refractivity contribution in [3.05, 3.63) is 0 Å². The molecule has 12 heavy (non-hydrogen) atoms. The predicted octanol–water partition coefficient (Wildman–Crippen LogP) is 4.10. The first-order chi connectivity index (χ1) is 5.54. The van der Waals surface area contributed by atoms with Gasteiger partial charge in [-0.2, -0.15) is 0 Å². The van der Waals surface area contributed by atoms with Crippen LogP contribution < -0.4 is 0 Å². The van der Waals surface area contributed by atoms with Gasteiger partial charge in [-0.3, -0.25) is 0 Å². The molecule has 0 N–H and O–H groups in total. The van der Waals surface area contributed by atoms with Crippen LogP contribution in [0.15, 0.2) is 0 Å². The summed E-state index contributed by atoms with van der Waals surface area (Å²) < 4.78 is 0. The Hall–Kier alpha value is 0. The van der Waals surface area contributed by atoms with Gasteiger partial charge in [0.05, 0.1) is 0 Å². The van der Waals surface area contributed by atoms with Gasteiger partial charge < -0.3 is 0 Å². The van der Waals surface area contributed by atoms with Gasteiger partial charge in [0, 0.05) is 0 Å². The molecule has 0 aromatic heterocycles. The molecule has 0 heterocycles. The van der Waals surface area contributed by atoms with E-state index in [9.17, 15) is 0 Å². The van der Waals surface area contributed by atoms with E-state index in [0.717, 1.165) is 17.8 Å². The molecule has 3 unspecified atom stereocenters. The van der Waals surface area contributed by atoms with E-state index in [-0.39, 0.29) is 0 Å². The highest BCUT2D eigenvalue weighted by Crippen LogP contribution is 2.58. The van der Waals surface area contributed by atoms with E-state index >= 15 is 0 Å². The normalized spacial score (nSPS) is 35.2. The summed E-state index contributed by atoms with van der Waals surface area (Å²) in [6.07, 6.45) is 4.13. The highest BCUT2D eigenvalue weighted by molar-refractivity contribution is 5.00. The lowest BCUT2D eigenvalue weighted by Crippen LogP contribution is -2.15. The van der Waals surface area contributed by atoms with Crippen LogP contribution in [-0.4, -0.2) is 0 Å². The Kier molecular flexibility index (Phi) is 2.85. The van der Waals surface area contributed by atoms with Crippen LogP contribution in [0.25, 0.3) is 0 Å². The van der Waals surface area contributed by atoms with Crippen LogP contribution in [0.5, 0.6) is 0 Å². The van der Waals surface area contributed by atoms with E-state index in [4.69, 9.17) is 0 Å². The van der Waals surface area contributed by atoms with E-state index < -0.39 is 0 Å². The molecule has 0 radical (unpaired) electrons. The zero-order chi connectivity index (χ0) is 9.35. The van der Waals surface area contributed by atoms with Crippen LogP contribution in [0.2, 0.25) is 0 Å². The summed E-state index contributed by atoms with van der Waals surface area (Å²) >= 11 is 0. The Labute approximate surface area is 77.7 Å². The molecule has 0 bridgehead atoms. The monoisotopic (exact) mass is 168 g/mol. The average Bonchev–Trinajstić information content (AvgIpc) is 2.61. The second-order valence-corrected chi connectivity index (χ2v) is 5.20. The molecule has 0 aromatic carbocycles. The first kappa shape index (κ1) is 10.1. The molecule has 0 spiro atoms. The van der Waals surface area contributed by atoms with Crippen LogP contribution in [-0.2, 0) is 0 Å². The molecule has 0 aromatic rings. The molecule has 3 atom stereocenters. The van der Waals surface area contributed by atoms with Crippen molar-refractivity contribution in [3.63, 3.8) is 0 Å². The van der Waals surface area contributed by atoms with E-state index in [1.54, 1.807) is 0 Å². The minimum Gasteiger partial charge on any atom is -0.0654 e. The van der Waals surface area contributed by atoms with Crippen molar-refractivity contribution < 1.29 is 0 Å². The van der Waals surface area contributed by atoms with Gasteiger partial charge in [-0.25, -0.2) is 0 Å². The molecule has 0 heteroatoms. The summed E-state index contributed by atoms with van der Waals surface area (Å²) in [6.45, 7) is 12.0. The molecule has 1 saturated carbocycles. The standard InChI is InChI=1S/C12H24/c1-6-8-12(4,5)11-9(3)10(11)7-2/h9-11H,6-8H2,1-5H3. The zero-order valence-corrected chi connectivity index (χ0v) is 9.35. The Bertz CT molecular complexity index is 146. The van der Waals surface area contributed by atoms with Crippen molar-refractivity contribution in [3.8, 4) is 0 Å². The highest BCUT2D eigenvalue weighted by atomic mass is 14.6. The molecule has 72 valence electrons. The molecular weight excluding hydrogens is 144 g/mol. The minimum atomic E-state index is 0.606. The van der Waals surface area contributed by atoms with E-state index in [0.29, 0.717) is 5.41 Å². The molecular formula is C12H24. The molecule has 1 aliphatic rings. The second kappa shape index (κ2) is 3.40. The van der Waals surface area contributed by atoms with Crippen LogP contribution in [0.1, 0.15) is 53.9 Å². The van der Waals surface area contributed by atoms with Crippen LogP contribution in [0, 0.1) is 23.2 Å². The largest absolute Gasteiger partial charge is 0.0654 e. The highest BCUT2D eigenvalue weighted by Gasteiger charge is 2.52. The van der Waals surface area contributed by atoms with Crippen LogP contribution in [0.4, 0.5) is 0 Å². The SMILES string of the molecule is CCCC(C)(C)C1C(C)C1CC. The van der Waals surface area contributed by atoms with Crippen molar-refractivity contribution in [2.45, 2.75) is 53.9 Å². The maximum Gasteiger partial charge on any atom is -0.0303 e. The van der Waals surface area contributed by atoms with Gasteiger partial charge in [-0.1, -0.05) is 47.5 Å². The van der Waals surface area contributed by atoms with E-state index in [2.05, 4.69) is 34.6 Å². The first-order valence-corrected chi connectivity index (χ1v) is 5.54. The molecule has 0 nitrogen and oxygen atoms in total. The summed E-state index contributed by atoms with van der Waals surface area (Å²) in [7, 11) is 0. The fourth-order valence-corrected chi connectivity index (χ4v) is 3.27. The van der Waals surface area contributed by atoms with Crippen LogP contribution in [0.3, 0.4) is 0 Å². The fourth-order valence-electron chi connectivity index (χ4n) is 3.27. The van der Waals surface area contributed by atoms with Crippen molar-refractivity contribution in [1.29, 1.82) is 0 Å². The number of hydrogen-bond acceptors (Lipinski definition) is 0. The number of hydrogen-bond donors (Lipinski definition) is 0. The van der Waals surface area contributed by atoms with Crippen molar-refractivity contribution in [1.82, 2.24) is 0 Å². The van der Waals surface area contributed by atoms with E-state index in [1.165, 1.54) is 19.3 Å².